The summed E-state index contributed by atoms with van der Waals surface area (Å²) in [7, 11) is 0. The van der Waals surface area contributed by atoms with Crippen molar-refractivity contribution in [3.8, 4) is 0 Å². The van der Waals surface area contributed by atoms with E-state index in [1.165, 1.54) is 6.07 Å². The second-order valence-corrected chi connectivity index (χ2v) is 4.78. The molecular weight excluding hydrogens is 301 g/mol. The minimum Gasteiger partial charge on any atom is -0.468 e. The summed E-state index contributed by atoms with van der Waals surface area (Å²) in [5, 5.41) is 12.3. The van der Waals surface area contributed by atoms with Gasteiger partial charge in [-0.25, -0.2) is 4.39 Å². The molecule has 0 aliphatic heterocycles. The second-order valence-electron chi connectivity index (χ2n) is 3.87. The average molecular weight is 314 g/mol. The van der Waals surface area contributed by atoms with Gasteiger partial charge in [0.05, 0.1) is 18.9 Å². The van der Waals surface area contributed by atoms with Crippen LogP contribution in [0.5, 0.6) is 0 Å². The molecule has 0 bridgehead atoms. The number of halogens is 2. The predicted octanol–water partition coefficient (Wildman–Crippen LogP) is 3.00. The Bertz CT molecular complexity index is 502. The molecule has 2 rings (SSSR count). The summed E-state index contributed by atoms with van der Waals surface area (Å²) in [4.78, 5) is 0. The average Bonchev–Trinajstić information content (AvgIpc) is 2.86. The van der Waals surface area contributed by atoms with Gasteiger partial charge in [-0.15, -0.1) is 0 Å². The molecule has 0 radical (unpaired) electrons. The molecule has 0 aliphatic carbocycles. The molecule has 0 spiro atoms. The molecule has 0 aliphatic rings. The molecule has 1 aromatic carbocycles. The van der Waals surface area contributed by atoms with Crippen molar-refractivity contribution in [3.05, 3.63) is 58.2 Å². The number of nitrogens with one attached hydrogen (secondary N) is 1. The molecule has 0 fully saturated rings. The van der Waals surface area contributed by atoms with Crippen LogP contribution in [0.1, 0.15) is 17.4 Å². The first-order valence-corrected chi connectivity index (χ1v) is 6.31. The SMILES string of the molecule is OCC(NCc1ccc(Br)cc1F)c1ccco1. The number of furan rings is 1. The third-order valence-electron chi connectivity index (χ3n) is 2.62. The quantitative estimate of drug-likeness (QED) is 0.892. The third kappa shape index (κ3) is 3.19. The Hall–Kier alpha value is -1.17. The van der Waals surface area contributed by atoms with Crippen LogP contribution < -0.4 is 5.32 Å². The zero-order valence-corrected chi connectivity index (χ0v) is 11.2. The molecule has 0 saturated carbocycles. The van der Waals surface area contributed by atoms with Crippen molar-refractivity contribution < 1.29 is 13.9 Å². The molecule has 0 saturated heterocycles. The Labute approximate surface area is 113 Å². The van der Waals surface area contributed by atoms with Crippen molar-refractivity contribution in [2.75, 3.05) is 6.61 Å². The maximum absolute atomic E-state index is 13.6. The monoisotopic (exact) mass is 313 g/mol. The van der Waals surface area contributed by atoms with E-state index in [-0.39, 0.29) is 18.5 Å². The normalized spacial score (nSPS) is 12.6. The standard InChI is InChI=1S/C13H13BrFNO2/c14-10-4-3-9(11(15)6-10)7-16-12(8-17)13-2-1-5-18-13/h1-6,12,16-17H,7-8H2. The van der Waals surface area contributed by atoms with Gasteiger partial charge in [-0.2, -0.15) is 0 Å². The van der Waals surface area contributed by atoms with Gasteiger partial charge in [-0.05, 0) is 24.3 Å². The summed E-state index contributed by atoms with van der Waals surface area (Å²) in [6, 6.07) is 8.08. The Morgan fingerprint density at radius 2 is 2.22 bits per heavy atom. The van der Waals surface area contributed by atoms with Crippen LogP contribution in [0, 0.1) is 5.82 Å². The van der Waals surface area contributed by atoms with Crippen LogP contribution in [-0.4, -0.2) is 11.7 Å². The van der Waals surface area contributed by atoms with Gasteiger partial charge < -0.3 is 14.8 Å². The Morgan fingerprint density at radius 3 is 2.83 bits per heavy atom. The highest BCUT2D eigenvalue weighted by Gasteiger charge is 2.13. The first-order chi connectivity index (χ1) is 8.70. The summed E-state index contributed by atoms with van der Waals surface area (Å²) in [6.45, 7) is 0.219. The van der Waals surface area contributed by atoms with E-state index in [2.05, 4.69) is 21.2 Å². The number of rotatable bonds is 5. The molecule has 0 amide bonds. The molecule has 1 aromatic heterocycles. The van der Waals surface area contributed by atoms with E-state index in [4.69, 9.17) is 4.42 Å². The van der Waals surface area contributed by atoms with Crippen molar-refractivity contribution in [1.29, 1.82) is 0 Å². The van der Waals surface area contributed by atoms with Crippen LogP contribution in [0.15, 0.2) is 45.5 Å². The topological polar surface area (TPSA) is 45.4 Å². The zero-order chi connectivity index (χ0) is 13.0. The van der Waals surface area contributed by atoms with Gasteiger partial charge >= 0.3 is 0 Å². The molecule has 1 unspecified atom stereocenters. The van der Waals surface area contributed by atoms with E-state index in [1.807, 2.05) is 0 Å². The van der Waals surface area contributed by atoms with Crippen LogP contribution in [0.2, 0.25) is 0 Å². The lowest BCUT2D eigenvalue weighted by Crippen LogP contribution is -2.24. The lowest BCUT2D eigenvalue weighted by atomic mass is 10.2. The predicted molar refractivity (Wildman–Crippen MR) is 69.5 cm³/mol. The Morgan fingerprint density at radius 1 is 1.39 bits per heavy atom. The lowest BCUT2D eigenvalue weighted by molar-refractivity contribution is 0.225. The van der Waals surface area contributed by atoms with Crippen molar-refractivity contribution in [1.82, 2.24) is 5.32 Å². The van der Waals surface area contributed by atoms with Crippen molar-refractivity contribution >= 4 is 15.9 Å². The molecule has 2 N–H and O–H groups in total. The minimum atomic E-state index is -0.331. The number of aliphatic hydroxyl groups excluding tert-OH is 1. The highest BCUT2D eigenvalue weighted by atomic mass is 79.9. The van der Waals surface area contributed by atoms with Crippen molar-refractivity contribution in [3.63, 3.8) is 0 Å². The summed E-state index contributed by atoms with van der Waals surface area (Å²) in [6.07, 6.45) is 1.54. The number of hydrogen-bond donors (Lipinski definition) is 2. The van der Waals surface area contributed by atoms with Crippen LogP contribution in [0.4, 0.5) is 4.39 Å². The fourth-order valence-corrected chi connectivity index (χ4v) is 1.98. The van der Waals surface area contributed by atoms with Gasteiger partial charge in [0.2, 0.25) is 0 Å². The number of hydrogen-bond acceptors (Lipinski definition) is 3. The highest BCUT2D eigenvalue weighted by molar-refractivity contribution is 9.10. The molecule has 96 valence electrons. The summed E-state index contributed by atoms with van der Waals surface area (Å²) in [5.41, 5.74) is 0.545. The third-order valence-corrected chi connectivity index (χ3v) is 3.12. The van der Waals surface area contributed by atoms with Crippen molar-refractivity contribution in [2.45, 2.75) is 12.6 Å². The minimum absolute atomic E-state index is 0.105. The maximum atomic E-state index is 13.6. The largest absolute Gasteiger partial charge is 0.468 e. The summed E-state index contributed by atoms with van der Waals surface area (Å²) in [5.74, 6) is 0.350. The van der Waals surface area contributed by atoms with Gasteiger partial charge in [-0.3, -0.25) is 0 Å². The molecule has 2 aromatic rings. The molecular formula is C13H13BrFNO2. The Balaban J connectivity index is 2.02. The van der Waals surface area contributed by atoms with Gasteiger partial charge in [0, 0.05) is 16.6 Å². The van der Waals surface area contributed by atoms with Crippen LogP contribution in [0.3, 0.4) is 0 Å². The summed E-state index contributed by atoms with van der Waals surface area (Å²) < 4.78 is 19.5. The summed E-state index contributed by atoms with van der Waals surface area (Å²) >= 11 is 3.21. The van der Waals surface area contributed by atoms with Crippen molar-refractivity contribution in [2.24, 2.45) is 0 Å². The Kier molecular flexibility index (Phi) is 4.52. The highest BCUT2D eigenvalue weighted by Crippen LogP contribution is 2.17. The number of benzene rings is 1. The number of aliphatic hydroxyl groups is 1. The molecule has 18 heavy (non-hydrogen) atoms. The van der Waals surface area contributed by atoms with Gasteiger partial charge in [-0.1, -0.05) is 22.0 Å². The first-order valence-electron chi connectivity index (χ1n) is 5.52. The van der Waals surface area contributed by atoms with Gasteiger partial charge in [0.1, 0.15) is 11.6 Å². The maximum Gasteiger partial charge on any atom is 0.128 e. The fourth-order valence-electron chi connectivity index (χ4n) is 1.64. The zero-order valence-electron chi connectivity index (χ0n) is 9.57. The van der Waals surface area contributed by atoms with E-state index in [0.717, 1.165) is 0 Å². The van der Waals surface area contributed by atoms with E-state index < -0.39 is 0 Å². The smallest absolute Gasteiger partial charge is 0.128 e. The second kappa shape index (κ2) is 6.13. The molecule has 1 atom stereocenters. The lowest BCUT2D eigenvalue weighted by Gasteiger charge is -2.14. The van der Waals surface area contributed by atoms with Crippen LogP contribution in [-0.2, 0) is 6.54 Å². The van der Waals surface area contributed by atoms with Crippen LogP contribution >= 0.6 is 15.9 Å². The molecule has 3 nitrogen and oxygen atoms in total. The van der Waals surface area contributed by atoms with E-state index in [0.29, 0.717) is 22.3 Å². The van der Waals surface area contributed by atoms with E-state index in [9.17, 15) is 9.50 Å². The van der Waals surface area contributed by atoms with Gasteiger partial charge in [0.25, 0.3) is 0 Å². The first kappa shape index (κ1) is 13.3. The molecule has 5 heteroatoms. The fraction of sp³-hybridized carbons (Fsp3) is 0.231. The molecule has 1 heterocycles. The van der Waals surface area contributed by atoms with E-state index >= 15 is 0 Å². The van der Waals surface area contributed by atoms with E-state index in [1.54, 1.807) is 30.5 Å². The van der Waals surface area contributed by atoms with Gasteiger partial charge in [0.15, 0.2) is 0 Å². The van der Waals surface area contributed by atoms with Crippen LogP contribution in [0.25, 0.3) is 0 Å².